The number of rotatable bonds is 4. The van der Waals surface area contributed by atoms with Gasteiger partial charge in [-0.1, -0.05) is 12.8 Å². The summed E-state index contributed by atoms with van der Waals surface area (Å²) < 4.78 is 28.1. The van der Waals surface area contributed by atoms with Crippen LogP contribution in [-0.4, -0.2) is 49.7 Å². The van der Waals surface area contributed by atoms with E-state index in [1.165, 1.54) is 11.2 Å². The van der Waals surface area contributed by atoms with Crippen molar-refractivity contribution in [2.75, 3.05) is 18.0 Å². The summed E-state index contributed by atoms with van der Waals surface area (Å²) in [6, 6.07) is 5.29. The van der Waals surface area contributed by atoms with Gasteiger partial charge in [0, 0.05) is 37.8 Å². The fourth-order valence-corrected chi connectivity index (χ4v) is 6.74. The largest absolute Gasteiger partial charge is 0.353 e. The number of sulfonamides is 1. The number of nitrogens with one attached hydrogen (secondary N) is 1. The van der Waals surface area contributed by atoms with Crippen molar-refractivity contribution in [1.29, 1.82) is 0 Å². The highest BCUT2D eigenvalue weighted by atomic mass is 32.2. The van der Waals surface area contributed by atoms with Crippen LogP contribution < -0.4 is 10.2 Å². The molecule has 2 aliphatic heterocycles. The molecular weight excluding hydrogens is 402 g/mol. The molecule has 1 aromatic rings. The third-order valence-corrected chi connectivity index (χ3v) is 8.56. The van der Waals surface area contributed by atoms with Crippen LogP contribution in [0.15, 0.2) is 23.1 Å². The second-order valence-corrected chi connectivity index (χ2v) is 10.9. The molecular formula is C22H31N3O4S. The van der Waals surface area contributed by atoms with Gasteiger partial charge in [0.25, 0.3) is 0 Å². The first kappa shape index (κ1) is 21.3. The highest BCUT2D eigenvalue weighted by Gasteiger charge is 2.36. The number of piperidine rings is 1. The lowest BCUT2D eigenvalue weighted by atomic mass is 9.98. The Balaban J connectivity index is 1.50. The van der Waals surface area contributed by atoms with Gasteiger partial charge in [0.05, 0.1) is 10.8 Å². The van der Waals surface area contributed by atoms with Crippen LogP contribution >= 0.6 is 0 Å². The van der Waals surface area contributed by atoms with Crippen LogP contribution in [-0.2, 0) is 26.0 Å². The van der Waals surface area contributed by atoms with E-state index in [0.29, 0.717) is 19.4 Å². The molecule has 164 valence electrons. The molecule has 0 spiro atoms. The standard InChI is InChI=1S/C22H31N3O4S/c1-15-12-18-13-20(9-10-21(18)25(15)16(2)26)30(28,29)24-11-5-6-17(14-24)22(27)23-19-7-3-4-8-19/h9-10,13,15,17,19H,3-8,11-12,14H2,1-2H3,(H,23,27)/t15-,17-/m1/s1. The van der Waals surface area contributed by atoms with Crippen LogP contribution in [0.1, 0.15) is 57.9 Å². The Morgan fingerprint density at radius 2 is 1.83 bits per heavy atom. The Bertz CT molecular complexity index is 940. The molecule has 2 atom stereocenters. The molecule has 30 heavy (non-hydrogen) atoms. The fourth-order valence-electron chi connectivity index (χ4n) is 5.16. The van der Waals surface area contributed by atoms with E-state index in [1.807, 2.05) is 6.92 Å². The van der Waals surface area contributed by atoms with Crippen molar-refractivity contribution in [3.8, 4) is 0 Å². The first-order chi connectivity index (χ1) is 14.3. The molecule has 0 unspecified atom stereocenters. The van der Waals surface area contributed by atoms with Gasteiger partial charge >= 0.3 is 0 Å². The number of fused-ring (bicyclic) bond motifs is 1. The Labute approximate surface area is 178 Å². The third kappa shape index (κ3) is 3.99. The smallest absolute Gasteiger partial charge is 0.243 e. The van der Waals surface area contributed by atoms with Crippen molar-refractivity contribution >= 4 is 27.5 Å². The molecule has 1 N–H and O–H groups in total. The van der Waals surface area contributed by atoms with Crippen LogP contribution in [0.5, 0.6) is 0 Å². The SMILES string of the molecule is CC(=O)N1c2ccc(S(=O)(=O)N3CCC[C@@H](C(=O)NC4CCCC4)C3)cc2C[C@H]1C. The predicted octanol–water partition coefficient (Wildman–Crippen LogP) is 2.44. The van der Waals surface area contributed by atoms with E-state index in [2.05, 4.69) is 5.32 Å². The summed E-state index contributed by atoms with van der Waals surface area (Å²) in [7, 11) is -3.68. The second kappa shape index (κ2) is 8.30. The number of hydrogen-bond acceptors (Lipinski definition) is 4. The molecule has 2 amide bonds. The molecule has 4 rings (SSSR count). The van der Waals surface area contributed by atoms with E-state index in [9.17, 15) is 18.0 Å². The van der Waals surface area contributed by atoms with Crippen molar-refractivity contribution in [2.24, 2.45) is 5.92 Å². The quantitative estimate of drug-likeness (QED) is 0.790. The van der Waals surface area contributed by atoms with Gasteiger partial charge in [-0.15, -0.1) is 0 Å². The van der Waals surface area contributed by atoms with Crippen molar-refractivity contribution in [3.63, 3.8) is 0 Å². The zero-order chi connectivity index (χ0) is 21.5. The van der Waals surface area contributed by atoms with Gasteiger partial charge in [-0.05, 0) is 62.8 Å². The van der Waals surface area contributed by atoms with Gasteiger partial charge in [0.15, 0.2) is 0 Å². The van der Waals surface area contributed by atoms with Crippen molar-refractivity contribution in [1.82, 2.24) is 9.62 Å². The summed E-state index contributed by atoms with van der Waals surface area (Å²) in [6.45, 7) is 4.16. The number of benzene rings is 1. The summed E-state index contributed by atoms with van der Waals surface area (Å²) in [5.74, 6) is -0.345. The summed E-state index contributed by atoms with van der Waals surface area (Å²) in [6.07, 6.45) is 6.38. The Morgan fingerprint density at radius 3 is 2.53 bits per heavy atom. The first-order valence-corrected chi connectivity index (χ1v) is 12.4. The molecule has 2 heterocycles. The van der Waals surface area contributed by atoms with Gasteiger partial charge in [0.2, 0.25) is 21.8 Å². The molecule has 7 nitrogen and oxygen atoms in total. The maximum atomic E-state index is 13.3. The van der Waals surface area contributed by atoms with Crippen molar-refractivity contribution in [3.05, 3.63) is 23.8 Å². The minimum absolute atomic E-state index is 0.0123. The molecule has 1 saturated heterocycles. The number of carbonyl (C=O) groups excluding carboxylic acids is 2. The van der Waals surface area contributed by atoms with E-state index in [-0.39, 0.29) is 41.3 Å². The molecule has 1 aromatic carbocycles. The number of hydrogen-bond donors (Lipinski definition) is 1. The molecule has 8 heteroatoms. The summed E-state index contributed by atoms with van der Waals surface area (Å²) in [5.41, 5.74) is 1.67. The van der Waals surface area contributed by atoms with E-state index in [1.54, 1.807) is 23.1 Å². The summed E-state index contributed by atoms with van der Waals surface area (Å²) >= 11 is 0. The van der Waals surface area contributed by atoms with Crippen LogP contribution in [0.2, 0.25) is 0 Å². The zero-order valence-corrected chi connectivity index (χ0v) is 18.6. The normalized spacial score (nSPS) is 25.3. The number of anilines is 1. The average Bonchev–Trinajstić information content (AvgIpc) is 3.33. The van der Waals surface area contributed by atoms with E-state index >= 15 is 0 Å². The molecule has 1 aliphatic carbocycles. The van der Waals surface area contributed by atoms with Gasteiger partial charge in [0.1, 0.15) is 0 Å². The van der Waals surface area contributed by atoms with Crippen LogP contribution in [0.3, 0.4) is 0 Å². The maximum Gasteiger partial charge on any atom is 0.243 e. The van der Waals surface area contributed by atoms with Gasteiger partial charge in [-0.25, -0.2) is 8.42 Å². The van der Waals surface area contributed by atoms with Gasteiger partial charge in [-0.3, -0.25) is 9.59 Å². The molecule has 0 bridgehead atoms. The van der Waals surface area contributed by atoms with E-state index < -0.39 is 10.0 Å². The summed E-state index contributed by atoms with van der Waals surface area (Å²) in [4.78, 5) is 26.6. The van der Waals surface area contributed by atoms with Gasteiger partial charge in [-0.2, -0.15) is 4.31 Å². The predicted molar refractivity (Wildman–Crippen MR) is 115 cm³/mol. The van der Waals surface area contributed by atoms with Gasteiger partial charge < -0.3 is 10.2 Å². The zero-order valence-electron chi connectivity index (χ0n) is 17.8. The minimum atomic E-state index is -3.68. The van der Waals surface area contributed by atoms with Crippen LogP contribution in [0, 0.1) is 5.92 Å². The minimum Gasteiger partial charge on any atom is -0.353 e. The second-order valence-electron chi connectivity index (χ2n) is 8.92. The lowest BCUT2D eigenvalue weighted by Gasteiger charge is -2.32. The Kier molecular flexibility index (Phi) is 5.90. The number of carbonyl (C=O) groups is 2. The Hall–Kier alpha value is -1.93. The van der Waals surface area contributed by atoms with Crippen molar-refractivity contribution in [2.45, 2.75) is 75.8 Å². The first-order valence-electron chi connectivity index (χ1n) is 11.0. The van der Waals surface area contributed by atoms with Crippen LogP contribution in [0.4, 0.5) is 5.69 Å². The highest BCUT2D eigenvalue weighted by molar-refractivity contribution is 7.89. The monoisotopic (exact) mass is 433 g/mol. The fraction of sp³-hybridized carbons (Fsp3) is 0.636. The highest BCUT2D eigenvalue weighted by Crippen LogP contribution is 2.35. The Morgan fingerprint density at radius 1 is 1.10 bits per heavy atom. The summed E-state index contributed by atoms with van der Waals surface area (Å²) in [5, 5.41) is 3.12. The molecule has 0 radical (unpaired) electrons. The van der Waals surface area contributed by atoms with E-state index in [0.717, 1.165) is 43.4 Å². The number of amides is 2. The van der Waals surface area contributed by atoms with Crippen molar-refractivity contribution < 1.29 is 18.0 Å². The lowest BCUT2D eigenvalue weighted by Crippen LogP contribution is -2.47. The van der Waals surface area contributed by atoms with Crippen LogP contribution in [0.25, 0.3) is 0 Å². The molecule has 2 fully saturated rings. The van der Waals surface area contributed by atoms with E-state index in [4.69, 9.17) is 0 Å². The average molecular weight is 434 g/mol. The number of nitrogens with zero attached hydrogens (tertiary/aromatic N) is 2. The third-order valence-electron chi connectivity index (χ3n) is 6.70. The molecule has 3 aliphatic rings. The molecule has 1 saturated carbocycles. The maximum absolute atomic E-state index is 13.3. The topological polar surface area (TPSA) is 86.8 Å². The molecule has 0 aromatic heterocycles. The lowest BCUT2D eigenvalue weighted by molar-refractivity contribution is -0.126.